The van der Waals surface area contributed by atoms with Gasteiger partial charge in [0, 0.05) is 12.5 Å². The van der Waals surface area contributed by atoms with E-state index in [9.17, 15) is 14.4 Å². The first kappa shape index (κ1) is 19.8. The first-order valence-electron chi connectivity index (χ1n) is 9.65. The molecule has 1 fully saturated rings. The number of methoxy groups -OCH3 is 2. The summed E-state index contributed by atoms with van der Waals surface area (Å²) in [5.74, 6) is 0.337. The molecule has 8 heteroatoms. The van der Waals surface area contributed by atoms with Crippen LogP contribution in [0.25, 0.3) is 0 Å². The van der Waals surface area contributed by atoms with E-state index in [2.05, 4.69) is 5.32 Å². The molecule has 2 heterocycles. The monoisotopic (exact) mass is 409 g/mol. The van der Waals surface area contributed by atoms with E-state index in [0.717, 1.165) is 0 Å². The topological polar surface area (TPSA) is 88.2 Å². The van der Waals surface area contributed by atoms with Crippen molar-refractivity contribution in [3.05, 3.63) is 48.0 Å². The molecule has 0 aromatic heterocycles. The SMILES string of the molecule is COc1ccc(NC(=O)CN2C(=O)c3ccccc3N3C(=O)CCC23C)c(OC)c1. The number of rotatable bonds is 5. The molecule has 0 spiro atoms. The molecule has 156 valence electrons. The summed E-state index contributed by atoms with van der Waals surface area (Å²) >= 11 is 0. The van der Waals surface area contributed by atoms with Gasteiger partial charge >= 0.3 is 0 Å². The van der Waals surface area contributed by atoms with E-state index < -0.39 is 5.66 Å². The molecule has 3 amide bonds. The second-order valence-electron chi connectivity index (χ2n) is 7.47. The number of ether oxygens (including phenoxy) is 2. The molecular weight excluding hydrogens is 386 g/mol. The average molecular weight is 409 g/mol. The molecule has 1 saturated heterocycles. The van der Waals surface area contributed by atoms with Crippen LogP contribution in [0.4, 0.5) is 11.4 Å². The van der Waals surface area contributed by atoms with Crippen LogP contribution in [-0.4, -0.2) is 49.0 Å². The molecule has 2 aromatic rings. The number of fused-ring (bicyclic) bond motifs is 3. The largest absolute Gasteiger partial charge is 0.497 e. The molecule has 1 atom stereocenters. The van der Waals surface area contributed by atoms with Gasteiger partial charge in [0.2, 0.25) is 11.8 Å². The van der Waals surface area contributed by atoms with Crippen LogP contribution >= 0.6 is 0 Å². The lowest BCUT2D eigenvalue weighted by atomic mass is 9.98. The van der Waals surface area contributed by atoms with Gasteiger partial charge in [-0.05, 0) is 37.6 Å². The first-order chi connectivity index (χ1) is 14.4. The van der Waals surface area contributed by atoms with Gasteiger partial charge in [0.05, 0.1) is 31.2 Å². The zero-order valence-electron chi connectivity index (χ0n) is 17.1. The molecule has 4 rings (SSSR count). The predicted octanol–water partition coefficient (Wildman–Crippen LogP) is 2.64. The van der Waals surface area contributed by atoms with Gasteiger partial charge in [0.15, 0.2) is 0 Å². The Labute approximate surface area is 174 Å². The number of nitrogens with one attached hydrogen (secondary N) is 1. The Bertz CT molecular complexity index is 1040. The second kappa shape index (κ2) is 7.37. The number of carbonyl (C=O) groups excluding carboxylic acids is 3. The summed E-state index contributed by atoms with van der Waals surface area (Å²) in [7, 11) is 3.04. The third kappa shape index (κ3) is 3.04. The highest BCUT2D eigenvalue weighted by atomic mass is 16.5. The van der Waals surface area contributed by atoms with Crippen LogP contribution in [0.5, 0.6) is 11.5 Å². The van der Waals surface area contributed by atoms with Crippen LogP contribution in [0.3, 0.4) is 0 Å². The van der Waals surface area contributed by atoms with Crippen molar-refractivity contribution in [3.8, 4) is 11.5 Å². The Balaban J connectivity index is 1.62. The van der Waals surface area contributed by atoms with Crippen molar-refractivity contribution in [2.75, 3.05) is 31.0 Å². The van der Waals surface area contributed by atoms with Gasteiger partial charge in [-0.1, -0.05) is 12.1 Å². The third-order valence-corrected chi connectivity index (χ3v) is 5.73. The first-order valence-corrected chi connectivity index (χ1v) is 9.65. The van der Waals surface area contributed by atoms with Gasteiger partial charge in [-0.15, -0.1) is 0 Å². The van der Waals surface area contributed by atoms with E-state index >= 15 is 0 Å². The fraction of sp³-hybridized carbons (Fsp3) is 0.318. The Hall–Kier alpha value is -3.55. The predicted molar refractivity (Wildman–Crippen MR) is 111 cm³/mol. The lowest BCUT2D eigenvalue weighted by Gasteiger charge is -2.48. The molecule has 1 N–H and O–H groups in total. The summed E-state index contributed by atoms with van der Waals surface area (Å²) in [5, 5.41) is 2.80. The van der Waals surface area contributed by atoms with Gasteiger partial charge in [0.25, 0.3) is 5.91 Å². The lowest BCUT2D eigenvalue weighted by molar-refractivity contribution is -0.120. The minimum atomic E-state index is -0.885. The van der Waals surface area contributed by atoms with Crippen LogP contribution in [0, 0.1) is 0 Å². The molecule has 2 aliphatic rings. The Morgan fingerprint density at radius 2 is 1.90 bits per heavy atom. The maximum Gasteiger partial charge on any atom is 0.258 e. The van der Waals surface area contributed by atoms with Gasteiger partial charge in [-0.3, -0.25) is 19.3 Å². The van der Waals surface area contributed by atoms with Crippen LogP contribution in [0.1, 0.15) is 30.1 Å². The van der Waals surface area contributed by atoms with Crippen molar-refractivity contribution >= 4 is 29.1 Å². The molecule has 0 saturated carbocycles. The molecule has 2 aromatic carbocycles. The molecule has 0 bridgehead atoms. The summed E-state index contributed by atoms with van der Waals surface area (Å²) in [5.41, 5.74) is 0.600. The number of hydrogen-bond donors (Lipinski definition) is 1. The van der Waals surface area contributed by atoms with Crippen molar-refractivity contribution < 1.29 is 23.9 Å². The van der Waals surface area contributed by atoms with Crippen LogP contribution in [0.2, 0.25) is 0 Å². The van der Waals surface area contributed by atoms with E-state index in [-0.39, 0.29) is 24.3 Å². The van der Waals surface area contributed by atoms with Crippen molar-refractivity contribution in [2.45, 2.75) is 25.4 Å². The quantitative estimate of drug-likeness (QED) is 0.820. The number of carbonyl (C=O) groups is 3. The van der Waals surface area contributed by atoms with E-state index in [4.69, 9.17) is 9.47 Å². The fourth-order valence-corrected chi connectivity index (χ4v) is 4.18. The summed E-state index contributed by atoms with van der Waals surface area (Å²) in [4.78, 5) is 41.8. The molecule has 8 nitrogen and oxygen atoms in total. The fourth-order valence-electron chi connectivity index (χ4n) is 4.18. The Morgan fingerprint density at radius 1 is 1.13 bits per heavy atom. The minimum absolute atomic E-state index is 0.0559. The molecule has 0 aliphatic carbocycles. The smallest absolute Gasteiger partial charge is 0.258 e. The van der Waals surface area contributed by atoms with E-state index in [1.54, 1.807) is 54.5 Å². The van der Waals surface area contributed by atoms with Crippen LogP contribution < -0.4 is 19.7 Å². The maximum atomic E-state index is 13.2. The van der Waals surface area contributed by atoms with Crippen molar-refractivity contribution in [1.29, 1.82) is 0 Å². The molecular formula is C22H23N3O5. The molecule has 2 aliphatic heterocycles. The standard InChI is InChI=1S/C22H23N3O5/c1-22-11-10-20(27)25(22)17-7-5-4-6-15(17)21(28)24(22)13-19(26)23-16-9-8-14(29-2)12-18(16)30-3/h4-9,12H,10-11,13H2,1-3H3,(H,23,26). The van der Waals surface area contributed by atoms with E-state index in [0.29, 0.717) is 41.3 Å². The zero-order valence-corrected chi connectivity index (χ0v) is 17.1. The van der Waals surface area contributed by atoms with E-state index in [1.165, 1.54) is 12.0 Å². The summed E-state index contributed by atoms with van der Waals surface area (Å²) in [6.45, 7) is 1.63. The third-order valence-electron chi connectivity index (χ3n) is 5.73. The average Bonchev–Trinajstić information content (AvgIpc) is 3.06. The highest BCUT2D eigenvalue weighted by molar-refractivity contribution is 6.11. The highest BCUT2D eigenvalue weighted by Crippen LogP contribution is 2.43. The second-order valence-corrected chi connectivity index (χ2v) is 7.47. The van der Waals surface area contributed by atoms with Gasteiger partial charge < -0.3 is 19.7 Å². The molecule has 1 unspecified atom stereocenters. The summed E-state index contributed by atoms with van der Waals surface area (Å²) in [6.07, 6.45) is 0.785. The van der Waals surface area contributed by atoms with Crippen molar-refractivity contribution in [1.82, 2.24) is 4.90 Å². The number of benzene rings is 2. The molecule has 0 radical (unpaired) electrons. The summed E-state index contributed by atoms with van der Waals surface area (Å²) < 4.78 is 10.5. The van der Waals surface area contributed by atoms with Crippen LogP contribution in [0.15, 0.2) is 42.5 Å². The van der Waals surface area contributed by atoms with Gasteiger partial charge in [-0.2, -0.15) is 0 Å². The normalized spacial score (nSPS) is 20.0. The van der Waals surface area contributed by atoms with Gasteiger partial charge in [-0.25, -0.2) is 0 Å². The number of hydrogen-bond acceptors (Lipinski definition) is 5. The zero-order chi connectivity index (χ0) is 21.5. The molecule has 30 heavy (non-hydrogen) atoms. The summed E-state index contributed by atoms with van der Waals surface area (Å²) in [6, 6.07) is 12.1. The number of para-hydroxylation sites is 1. The highest BCUT2D eigenvalue weighted by Gasteiger charge is 2.53. The van der Waals surface area contributed by atoms with E-state index in [1.807, 2.05) is 6.92 Å². The number of nitrogens with zero attached hydrogens (tertiary/aromatic N) is 2. The Kier molecular flexibility index (Phi) is 4.85. The van der Waals surface area contributed by atoms with Crippen molar-refractivity contribution in [2.24, 2.45) is 0 Å². The maximum absolute atomic E-state index is 13.2. The number of amides is 3. The van der Waals surface area contributed by atoms with Crippen molar-refractivity contribution in [3.63, 3.8) is 0 Å². The Morgan fingerprint density at radius 3 is 2.63 bits per heavy atom. The number of anilines is 2. The lowest BCUT2D eigenvalue weighted by Crippen LogP contribution is -2.63. The minimum Gasteiger partial charge on any atom is -0.497 e. The van der Waals surface area contributed by atoms with Crippen LogP contribution in [-0.2, 0) is 9.59 Å². The van der Waals surface area contributed by atoms with Gasteiger partial charge in [0.1, 0.15) is 23.7 Å².